The van der Waals surface area contributed by atoms with Crippen molar-refractivity contribution in [2.45, 2.75) is 45.7 Å². The van der Waals surface area contributed by atoms with Gasteiger partial charge in [0.15, 0.2) is 0 Å². The molecule has 0 amide bonds. The van der Waals surface area contributed by atoms with E-state index in [1.807, 2.05) is 13.0 Å². The van der Waals surface area contributed by atoms with Crippen molar-refractivity contribution < 1.29 is 20.4 Å². The molecule has 160 valence electrons. The van der Waals surface area contributed by atoms with Crippen LogP contribution in [0.3, 0.4) is 0 Å². The third-order valence-corrected chi connectivity index (χ3v) is 4.01. The topological polar surface area (TPSA) is 106 Å². The van der Waals surface area contributed by atoms with Crippen LogP contribution in [0, 0.1) is 0 Å². The van der Waals surface area contributed by atoms with Crippen molar-refractivity contribution in [2.24, 2.45) is 9.98 Å². The fraction of sp³-hybridized carbons (Fsp3) is 0.391. The van der Waals surface area contributed by atoms with Crippen LogP contribution in [0.2, 0.25) is 0 Å². The second-order valence-corrected chi connectivity index (χ2v) is 6.07. The lowest BCUT2D eigenvalue weighted by molar-refractivity contribution is 0.243. The van der Waals surface area contributed by atoms with E-state index >= 15 is 0 Å². The lowest BCUT2D eigenvalue weighted by Gasteiger charge is -2.19. The Labute approximate surface area is 174 Å². The van der Waals surface area contributed by atoms with Crippen LogP contribution in [0.25, 0.3) is 0 Å². The summed E-state index contributed by atoms with van der Waals surface area (Å²) < 4.78 is 0. The summed E-state index contributed by atoms with van der Waals surface area (Å²) in [6.07, 6.45) is 15.4. The third kappa shape index (κ3) is 10.4. The highest BCUT2D eigenvalue weighted by Gasteiger charge is 2.19. The molecule has 0 spiro atoms. The number of hydrogen-bond acceptors (Lipinski definition) is 6. The molecule has 29 heavy (non-hydrogen) atoms. The predicted molar refractivity (Wildman–Crippen MR) is 122 cm³/mol. The minimum Gasteiger partial charge on any atom is -0.508 e. The van der Waals surface area contributed by atoms with Crippen molar-refractivity contribution in [3.8, 4) is 0 Å². The van der Waals surface area contributed by atoms with E-state index in [4.69, 9.17) is 0 Å². The van der Waals surface area contributed by atoms with Crippen molar-refractivity contribution in [3.05, 3.63) is 71.8 Å². The SMILES string of the molecule is C=C/C=C(/C=N/C(CCO)C(CCO)/N=C/C(=C/C=C\C)C(/O)=C\C)C(\O)=C/C. The van der Waals surface area contributed by atoms with Gasteiger partial charge in [0.25, 0.3) is 0 Å². The lowest BCUT2D eigenvalue weighted by atomic mass is 10.0. The van der Waals surface area contributed by atoms with E-state index in [2.05, 4.69) is 16.6 Å². The highest BCUT2D eigenvalue weighted by atomic mass is 16.3. The Morgan fingerprint density at radius 2 is 1.28 bits per heavy atom. The molecule has 0 aliphatic heterocycles. The molecule has 6 nitrogen and oxygen atoms in total. The van der Waals surface area contributed by atoms with Crippen molar-refractivity contribution in [2.75, 3.05) is 13.2 Å². The molecular weight excluding hydrogens is 368 g/mol. The lowest BCUT2D eigenvalue weighted by Crippen LogP contribution is -2.26. The van der Waals surface area contributed by atoms with E-state index in [1.165, 1.54) is 6.21 Å². The highest BCUT2D eigenvalue weighted by Crippen LogP contribution is 2.15. The Balaban J connectivity index is 5.87. The van der Waals surface area contributed by atoms with Crippen LogP contribution in [-0.4, -0.2) is 58.2 Å². The zero-order valence-electron chi connectivity index (χ0n) is 17.6. The Bertz CT molecular complexity index is 698. The largest absolute Gasteiger partial charge is 0.508 e. The van der Waals surface area contributed by atoms with Crippen LogP contribution in [0.15, 0.2) is 81.8 Å². The summed E-state index contributed by atoms with van der Waals surface area (Å²) in [6, 6.07) is -0.836. The van der Waals surface area contributed by atoms with Crippen LogP contribution in [0.4, 0.5) is 0 Å². The van der Waals surface area contributed by atoms with Crippen LogP contribution in [0.1, 0.15) is 33.6 Å². The first-order valence-corrected chi connectivity index (χ1v) is 9.63. The minimum atomic E-state index is -0.419. The number of allylic oxidation sites excluding steroid dienone is 9. The first kappa shape index (κ1) is 26.3. The first-order valence-electron chi connectivity index (χ1n) is 9.63. The van der Waals surface area contributed by atoms with Crippen molar-refractivity contribution in [1.82, 2.24) is 0 Å². The van der Waals surface area contributed by atoms with Crippen molar-refractivity contribution >= 4 is 12.4 Å². The van der Waals surface area contributed by atoms with Gasteiger partial charge in [-0.3, -0.25) is 9.98 Å². The van der Waals surface area contributed by atoms with Crippen LogP contribution in [-0.2, 0) is 0 Å². The van der Waals surface area contributed by atoms with Gasteiger partial charge >= 0.3 is 0 Å². The first-order chi connectivity index (χ1) is 14.0. The summed E-state index contributed by atoms with van der Waals surface area (Å²) in [4.78, 5) is 9.00. The van der Waals surface area contributed by atoms with Gasteiger partial charge in [-0.05, 0) is 45.8 Å². The summed E-state index contributed by atoms with van der Waals surface area (Å²) in [5, 5.41) is 38.9. The number of rotatable bonds is 13. The second kappa shape index (κ2) is 16.3. The second-order valence-electron chi connectivity index (χ2n) is 6.07. The molecule has 0 bridgehead atoms. The van der Waals surface area contributed by atoms with Gasteiger partial charge in [0.1, 0.15) is 11.5 Å². The van der Waals surface area contributed by atoms with Crippen LogP contribution < -0.4 is 0 Å². The van der Waals surface area contributed by atoms with Crippen LogP contribution >= 0.6 is 0 Å². The molecule has 0 aromatic heterocycles. The maximum Gasteiger partial charge on any atom is 0.120 e. The summed E-state index contributed by atoms with van der Waals surface area (Å²) >= 11 is 0. The maximum absolute atomic E-state index is 10.1. The van der Waals surface area contributed by atoms with Crippen LogP contribution in [0.5, 0.6) is 0 Å². The predicted octanol–water partition coefficient (Wildman–Crippen LogP) is 4.17. The smallest absolute Gasteiger partial charge is 0.120 e. The van der Waals surface area contributed by atoms with Crippen molar-refractivity contribution in [1.29, 1.82) is 0 Å². The highest BCUT2D eigenvalue weighted by molar-refractivity contribution is 5.85. The minimum absolute atomic E-state index is 0.0631. The summed E-state index contributed by atoms with van der Waals surface area (Å²) in [5.41, 5.74) is 1.01. The molecule has 0 saturated carbocycles. The van der Waals surface area contributed by atoms with Gasteiger partial charge in [-0.15, -0.1) is 0 Å². The van der Waals surface area contributed by atoms with Gasteiger partial charge in [0.2, 0.25) is 0 Å². The van der Waals surface area contributed by atoms with Gasteiger partial charge < -0.3 is 20.4 Å². The molecule has 2 atom stereocenters. The Kier molecular flexibility index (Phi) is 14.8. The Hall–Kier alpha value is -2.70. The van der Waals surface area contributed by atoms with E-state index in [1.54, 1.807) is 56.5 Å². The van der Waals surface area contributed by atoms with E-state index in [0.29, 0.717) is 24.0 Å². The quantitative estimate of drug-likeness (QED) is 0.211. The number of aliphatic hydroxyl groups excluding tert-OH is 4. The molecule has 0 saturated heterocycles. The average molecular weight is 403 g/mol. The molecule has 0 heterocycles. The average Bonchev–Trinajstić information content (AvgIpc) is 2.73. The summed E-state index contributed by atoms with van der Waals surface area (Å²) in [7, 11) is 0. The number of hydrogen-bond donors (Lipinski definition) is 4. The number of nitrogens with zero attached hydrogens (tertiary/aromatic N) is 2. The van der Waals surface area contributed by atoms with Crippen molar-refractivity contribution in [3.63, 3.8) is 0 Å². The zero-order valence-corrected chi connectivity index (χ0v) is 17.6. The molecule has 0 aromatic rings. The van der Waals surface area contributed by atoms with Gasteiger partial charge in [-0.1, -0.05) is 37.0 Å². The molecule has 4 N–H and O–H groups in total. The fourth-order valence-corrected chi connectivity index (χ4v) is 2.40. The summed E-state index contributed by atoms with van der Waals surface area (Å²) in [6.45, 7) is 8.72. The van der Waals surface area contributed by atoms with E-state index < -0.39 is 12.1 Å². The molecule has 2 unspecified atom stereocenters. The Morgan fingerprint density at radius 3 is 1.62 bits per heavy atom. The van der Waals surface area contributed by atoms with Gasteiger partial charge in [-0.2, -0.15) is 0 Å². The molecule has 0 aliphatic carbocycles. The van der Waals surface area contributed by atoms with E-state index in [0.717, 1.165) is 0 Å². The molecule has 0 fully saturated rings. The molecular formula is C23H34N2O4. The van der Waals surface area contributed by atoms with E-state index in [-0.39, 0.29) is 24.7 Å². The zero-order chi connectivity index (χ0) is 22.1. The van der Waals surface area contributed by atoms with Gasteiger partial charge in [0, 0.05) is 36.8 Å². The number of aliphatic hydroxyl groups is 4. The fourth-order valence-electron chi connectivity index (χ4n) is 2.40. The summed E-state index contributed by atoms with van der Waals surface area (Å²) in [5.74, 6) is 0.152. The standard InChI is InChI=1S/C23H34N2O4/c1-5-9-11-19(23(29)8-4)17-25-21(13-15-27)20(12-14-26)24-16-18(10-6-2)22(28)7-3/h5-11,16-17,20-21,26-29H,2,12-15H2,1,3-4H3/b9-5-,18-10-,19-11-,22-7+,23-8+,24-16+,25-17+. The molecule has 0 aliphatic rings. The Morgan fingerprint density at radius 1 is 0.828 bits per heavy atom. The normalized spacial score (nSPS) is 16.9. The molecule has 0 radical (unpaired) electrons. The third-order valence-electron chi connectivity index (χ3n) is 4.01. The van der Waals surface area contributed by atoms with Gasteiger partial charge in [0.05, 0.1) is 12.1 Å². The monoisotopic (exact) mass is 402 g/mol. The molecule has 0 rings (SSSR count). The van der Waals surface area contributed by atoms with E-state index in [9.17, 15) is 20.4 Å². The molecule has 6 heteroatoms. The maximum atomic E-state index is 10.1. The molecule has 0 aromatic carbocycles. The van der Waals surface area contributed by atoms with Gasteiger partial charge in [-0.25, -0.2) is 0 Å². The number of aliphatic imine (C=N–C) groups is 2.